The van der Waals surface area contributed by atoms with Crippen LogP contribution in [0, 0.1) is 23.2 Å². The number of unbranched alkanes of at least 4 members (excludes halogenated alkanes) is 1. The maximum absolute atomic E-state index is 13.8. The highest BCUT2D eigenvalue weighted by atomic mass is 32.1. The van der Waals surface area contributed by atoms with Gasteiger partial charge in [-0.25, -0.2) is 24.4 Å². The van der Waals surface area contributed by atoms with E-state index in [2.05, 4.69) is 48.3 Å². The number of aromatic carboxylic acids is 1. The molecule has 2 aliphatic carbocycles. The lowest BCUT2D eigenvalue weighted by atomic mass is 9.48. The second-order valence-electron chi connectivity index (χ2n) is 26.4. The summed E-state index contributed by atoms with van der Waals surface area (Å²) < 4.78 is 27.4. The number of benzene rings is 3. The number of amides is 5. The summed E-state index contributed by atoms with van der Waals surface area (Å²) in [6.07, 6.45) is 4.16. The number of aromatic amines is 1. The lowest BCUT2D eigenvalue weighted by Crippen LogP contribution is -2.57. The van der Waals surface area contributed by atoms with E-state index in [0.29, 0.717) is 76.3 Å². The van der Waals surface area contributed by atoms with Crippen molar-refractivity contribution in [2.75, 3.05) is 38.6 Å². The zero-order chi connectivity index (χ0) is 65.4. The Balaban J connectivity index is 0.730. The smallest absolute Gasteiger partial charge is 0.409 e. The average molecular weight is 1280 g/mol. The minimum Gasteiger partial charge on any atom is -0.479 e. The summed E-state index contributed by atoms with van der Waals surface area (Å²) in [7, 11) is 1.61. The number of likely N-dealkylation sites (N-methyl/N-ethyl adjacent to an activating group) is 1. The van der Waals surface area contributed by atoms with Crippen LogP contribution < -0.4 is 15.4 Å². The Bertz CT molecular complexity index is 4010. The molecule has 92 heavy (non-hydrogen) atoms. The third-order valence-corrected chi connectivity index (χ3v) is 18.8. The molecule has 25 heteroatoms. The summed E-state index contributed by atoms with van der Waals surface area (Å²) in [6.45, 7) is 11.6. The van der Waals surface area contributed by atoms with Gasteiger partial charge in [0, 0.05) is 90.3 Å². The molecule has 7 aromatic rings. The van der Waals surface area contributed by atoms with Gasteiger partial charge >= 0.3 is 18.0 Å². The lowest BCUT2D eigenvalue weighted by Gasteiger charge is -2.61. The number of carbonyl (C=O) groups excluding carboxylic acids is 5. The fourth-order valence-corrected chi connectivity index (χ4v) is 15.4. The van der Waals surface area contributed by atoms with Crippen LogP contribution in [-0.4, -0.2) is 160 Å². The van der Waals surface area contributed by atoms with E-state index in [9.17, 15) is 54.0 Å². The van der Waals surface area contributed by atoms with Gasteiger partial charge in [0.25, 0.3) is 17.7 Å². The predicted molar refractivity (Wildman–Crippen MR) is 338 cm³/mol. The van der Waals surface area contributed by atoms with E-state index in [-0.39, 0.29) is 72.9 Å². The lowest BCUT2D eigenvalue weighted by molar-refractivity contribution is -0.238. The van der Waals surface area contributed by atoms with Crippen LogP contribution in [0.3, 0.4) is 0 Å². The Hall–Kier alpha value is -8.88. The molecule has 3 aromatic carbocycles. The third-order valence-electron chi connectivity index (χ3n) is 17.8. The number of carboxylic acid groups (broad SMARTS) is 2. The summed E-state index contributed by atoms with van der Waals surface area (Å²) in [5, 5.41) is 53.4. The fraction of sp³-hybridized carbons (Fsp3) is 0.433. The second-order valence-corrected chi connectivity index (χ2v) is 27.4. The van der Waals surface area contributed by atoms with Crippen LogP contribution in [0.1, 0.15) is 117 Å². The number of fused-ring (bicyclic) bond motifs is 4. The molecule has 2 aliphatic heterocycles. The van der Waals surface area contributed by atoms with Crippen molar-refractivity contribution in [1.29, 1.82) is 0 Å². The number of imide groups is 1. The second kappa shape index (κ2) is 26.0. The Morgan fingerprint density at radius 3 is 2.43 bits per heavy atom. The number of hydrogen-bond acceptors (Lipinski definition) is 17. The quantitative estimate of drug-likeness (QED) is 0.0233. The number of anilines is 1. The normalized spacial score (nSPS) is 23.4. The molecule has 7 N–H and O–H groups in total. The molecule has 0 spiro atoms. The van der Waals surface area contributed by atoms with Crippen LogP contribution in [0.4, 0.5) is 9.93 Å². The van der Waals surface area contributed by atoms with Gasteiger partial charge in [-0.05, 0) is 123 Å². The van der Waals surface area contributed by atoms with E-state index < -0.39 is 66.0 Å². The number of H-pyrrole nitrogens is 1. The molecule has 11 rings (SSSR count). The Morgan fingerprint density at radius 1 is 0.891 bits per heavy atom. The number of nitrogens with one attached hydrogen (secondary N) is 3. The number of aromatic nitrogens is 5. The molecular weight excluding hydrogens is 1200 g/mol. The standard InChI is InChI=1S/C67H75N9O15S/c1-38-44(42-17-19-46(71-56(42)60(85)86)40-16-18-47-43(26-40)45(28-69-47)58(82)73-62-72-48-12-7-8-13-52(48)92-62)29-70-76(38)37-66(5)34-65(4)32-64(2,3)33-67(35-65,36-66)89-24-23-74(6)63(87)88-31-41-15-14-39(11-9-10-22-68-53(78)30-75-54(79)20-21-55(75)80)25-50(41)90-61-57(81)49(77)27-51(91-61)59(83)84/h7-8,12-21,25-26,28-29,49,51,57,61,69,77,81H,9-11,22-24,27,30-37H2,1-6H3,(H,68,78)(H,83,84)(H,85,86)(H,72,73,82)/t49-,51-,57+,61+,65?,66?,67?/m0/s1. The number of aryl methyl sites for hydroxylation is 1. The third kappa shape index (κ3) is 14.3. The number of hydrogen-bond donors (Lipinski definition) is 7. The minimum absolute atomic E-state index is 0.0565. The highest BCUT2D eigenvalue weighted by Gasteiger charge is 2.58. The number of pyridine rings is 1. The Morgan fingerprint density at radius 2 is 1.67 bits per heavy atom. The van der Waals surface area contributed by atoms with Gasteiger partial charge in [0.2, 0.25) is 12.2 Å². The highest BCUT2D eigenvalue weighted by Crippen LogP contribution is 2.63. The SMILES string of the molecule is Cc1c(-c2ccc(-c3ccc4[nH]cc(C(=O)Nc5nc6ccccc6s5)c4c3)nc2C(=O)O)cnn1CC1(C)CC2(C)CC(C)(C)CC(OCCN(C)C(=O)OCc3ccc(CCCCNC(=O)CN4C(=O)C=CC4=O)cc3O[C@@H]3O[C@H](C(=O)O)C[C@H](O)[C@H]3O)(C1)C2. The average Bonchev–Trinajstić information content (AvgIpc) is 0.825. The van der Waals surface area contributed by atoms with Gasteiger partial charge in [0.15, 0.2) is 16.9 Å². The van der Waals surface area contributed by atoms with Crippen molar-refractivity contribution in [3.05, 3.63) is 125 Å². The van der Waals surface area contributed by atoms with E-state index >= 15 is 0 Å². The molecule has 2 saturated carbocycles. The van der Waals surface area contributed by atoms with Gasteiger partial charge in [-0.1, -0.05) is 69.4 Å². The van der Waals surface area contributed by atoms with Crippen molar-refractivity contribution in [2.45, 2.75) is 136 Å². The van der Waals surface area contributed by atoms with Gasteiger partial charge in [0.1, 0.15) is 25.0 Å². The number of rotatable bonds is 23. The van der Waals surface area contributed by atoms with Gasteiger partial charge in [-0.2, -0.15) is 5.10 Å². The molecule has 5 amide bonds. The van der Waals surface area contributed by atoms with Crippen LogP contribution in [-0.2, 0) is 53.0 Å². The molecule has 2 bridgehead atoms. The molecule has 484 valence electrons. The first-order valence-corrected chi connectivity index (χ1v) is 31.5. The van der Waals surface area contributed by atoms with E-state index in [1.54, 1.807) is 49.8 Å². The highest BCUT2D eigenvalue weighted by molar-refractivity contribution is 7.22. The first-order valence-electron chi connectivity index (χ1n) is 30.7. The molecule has 6 heterocycles. The number of thiazole rings is 1. The van der Waals surface area contributed by atoms with Crippen LogP contribution in [0.5, 0.6) is 5.75 Å². The van der Waals surface area contributed by atoms with Crippen molar-refractivity contribution >= 4 is 79.2 Å². The van der Waals surface area contributed by atoms with Gasteiger partial charge in [-0.15, -0.1) is 0 Å². The van der Waals surface area contributed by atoms with Crippen molar-refractivity contribution in [2.24, 2.45) is 16.2 Å². The number of carboxylic acids is 2. The molecule has 24 nitrogen and oxygen atoms in total. The summed E-state index contributed by atoms with van der Waals surface area (Å²) in [4.78, 5) is 103. The molecule has 7 atom stereocenters. The van der Waals surface area contributed by atoms with E-state index in [1.807, 2.05) is 54.1 Å². The summed E-state index contributed by atoms with van der Waals surface area (Å²) in [5.74, 6) is -4.36. The number of aliphatic carboxylic acids is 1. The molecule has 0 radical (unpaired) electrons. The summed E-state index contributed by atoms with van der Waals surface area (Å²) in [5.41, 5.74) is 4.72. The van der Waals surface area contributed by atoms with Crippen LogP contribution in [0.15, 0.2) is 97.3 Å². The van der Waals surface area contributed by atoms with E-state index in [4.69, 9.17) is 29.0 Å². The van der Waals surface area contributed by atoms with E-state index in [0.717, 1.165) is 69.7 Å². The van der Waals surface area contributed by atoms with Gasteiger partial charge in [-0.3, -0.25) is 34.1 Å². The maximum atomic E-state index is 13.8. The minimum atomic E-state index is -1.60. The number of ether oxygens (including phenoxy) is 4. The van der Waals surface area contributed by atoms with Gasteiger partial charge in [0.05, 0.1) is 46.0 Å². The molecule has 4 aromatic heterocycles. The van der Waals surface area contributed by atoms with Crippen molar-refractivity contribution in [3.8, 4) is 28.1 Å². The first-order chi connectivity index (χ1) is 43.7. The number of aliphatic hydroxyl groups excluding tert-OH is 2. The van der Waals surface area contributed by atoms with Crippen molar-refractivity contribution < 1.29 is 72.9 Å². The van der Waals surface area contributed by atoms with Gasteiger partial charge < -0.3 is 54.6 Å². The van der Waals surface area contributed by atoms with Crippen molar-refractivity contribution in [3.63, 3.8) is 0 Å². The Labute approximate surface area is 533 Å². The summed E-state index contributed by atoms with van der Waals surface area (Å²) in [6, 6.07) is 21.8. The monoisotopic (exact) mass is 1280 g/mol. The van der Waals surface area contributed by atoms with Crippen LogP contribution in [0.2, 0.25) is 0 Å². The molecule has 3 fully saturated rings. The maximum Gasteiger partial charge on any atom is 0.409 e. The van der Waals surface area contributed by atoms with E-state index in [1.165, 1.54) is 16.2 Å². The van der Waals surface area contributed by atoms with Crippen LogP contribution >= 0.6 is 11.3 Å². The molecule has 3 unspecified atom stereocenters. The topological polar surface area (TPSA) is 327 Å². The molecule has 4 aliphatic rings. The number of carbonyl (C=O) groups is 7. The zero-order valence-corrected chi connectivity index (χ0v) is 52.8. The number of aliphatic hydroxyl groups is 2. The molecular formula is C67H75N9O15S. The number of para-hydroxylation sites is 1. The zero-order valence-electron chi connectivity index (χ0n) is 52.0. The van der Waals surface area contributed by atoms with Crippen molar-refractivity contribution in [1.82, 2.24) is 39.8 Å². The first kappa shape index (κ1) is 64.6. The Kier molecular flexibility index (Phi) is 18.3. The largest absolute Gasteiger partial charge is 0.479 e. The predicted octanol–water partition coefficient (Wildman–Crippen LogP) is 8.67. The number of nitrogens with zero attached hydrogens (tertiary/aromatic N) is 6. The molecule has 1 saturated heterocycles. The summed E-state index contributed by atoms with van der Waals surface area (Å²) >= 11 is 1.38. The fourth-order valence-electron chi connectivity index (χ4n) is 14.6. The van der Waals surface area contributed by atoms with Crippen LogP contribution in [0.25, 0.3) is 43.5 Å².